The minimum atomic E-state index is -0.163. The summed E-state index contributed by atoms with van der Waals surface area (Å²) in [6.45, 7) is 9.40. The minimum Gasteiger partial charge on any atom is -0.355 e. The van der Waals surface area contributed by atoms with Gasteiger partial charge < -0.3 is 15.2 Å². The average Bonchev–Trinajstić information content (AvgIpc) is 3.52. The number of amides is 2. The number of aryl methyl sites for hydroxylation is 2. The number of rotatable bonds is 11. The molecule has 4 aromatic rings. The number of imidazole rings is 1. The van der Waals surface area contributed by atoms with Crippen LogP contribution in [0.2, 0.25) is 0 Å². The van der Waals surface area contributed by atoms with E-state index in [9.17, 15) is 9.59 Å². The summed E-state index contributed by atoms with van der Waals surface area (Å²) in [4.78, 5) is 35.9. The SMILES string of the molecule is CCc1ccccc1.Cc1cccc(Cn2c(NCC(C)CNCCN3C(=O)C4=CCCC=C4C3=O)nc3ccccc32)n1. The second-order valence-corrected chi connectivity index (χ2v) is 11.4. The number of carbonyl (C=O) groups is 2. The van der Waals surface area contributed by atoms with E-state index < -0.39 is 0 Å². The van der Waals surface area contributed by atoms with Crippen molar-refractivity contribution in [2.45, 2.75) is 46.6 Å². The van der Waals surface area contributed by atoms with Crippen LogP contribution in [-0.2, 0) is 22.6 Å². The van der Waals surface area contributed by atoms with Gasteiger partial charge in [0.05, 0.1) is 23.3 Å². The normalized spacial score (nSPS) is 14.9. The van der Waals surface area contributed by atoms with E-state index in [1.54, 1.807) is 0 Å². The monoisotopic (exact) mass is 590 g/mol. The molecule has 6 rings (SSSR count). The number of hydrogen-bond donors (Lipinski definition) is 2. The summed E-state index contributed by atoms with van der Waals surface area (Å²) in [5.41, 5.74) is 6.57. The second kappa shape index (κ2) is 14.8. The Kier molecular flexibility index (Phi) is 10.4. The molecular formula is C36H42N6O2. The van der Waals surface area contributed by atoms with Crippen molar-refractivity contribution in [2.75, 3.05) is 31.5 Å². The van der Waals surface area contributed by atoms with Crippen LogP contribution in [0.5, 0.6) is 0 Å². The number of aromatic nitrogens is 3. The highest BCUT2D eigenvalue weighted by Crippen LogP contribution is 2.29. The fraction of sp³-hybridized carbons (Fsp3) is 0.333. The van der Waals surface area contributed by atoms with Crippen LogP contribution in [0.15, 0.2) is 96.1 Å². The van der Waals surface area contributed by atoms with Crippen LogP contribution in [0.4, 0.5) is 5.95 Å². The summed E-state index contributed by atoms with van der Waals surface area (Å²) in [7, 11) is 0. The summed E-state index contributed by atoms with van der Waals surface area (Å²) in [6.07, 6.45) is 6.56. The zero-order chi connectivity index (χ0) is 30.9. The molecule has 0 saturated carbocycles. The van der Waals surface area contributed by atoms with Crippen molar-refractivity contribution in [2.24, 2.45) is 5.92 Å². The van der Waals surface area contributed by atoms with E-state index >= 15 is 0 Å². The molecule has 1 aliphatic heterocycles. The predicted octanol–water partition coefficient (Wildman–Crippen LogP) is 5.69. The maximum absolute atomic E-state index is 12.5. The molecule has 2 aromatic carbocycles. The first-order valence-corrected chi connectivity index (χ1v) is 15.6. The van der Waals surface area contributed by atoms with Crippen molar-refractivity contribution in [1.29, 1.82) is 0 Å². The Bertz CT molecular complexity index is 1620. The molecule has 2 N–H and O–H groups in total. The third-order valence-corrected chi connectivity index (χ3v) is 7.89. The Morgan fingerprint density at radius 2 is 1.55 bits per heavy atom. The van der Waals surface area contributed by atoms with Crippen molar-refractivity contribution >= 4 is 28.8 Å². The van der Waals surface area contributed by atoms with Crippen LogP contribution in [0.25, 0.3) is 11.0 Å². The summed E-state index contributed by atoms with van der Waals surface area (Å²) in [6, 6.07) is 24.7. The Labute approximate surface area is 259 Å². The van der Waals surface area contributed by atoms with Crippen LogP contribution in [0.3, 0.4) is 0 Å². The van der Waals surface area contributed by atoms with Gasteiger partial charge in [0.2, 0.25) is 5.95 Å². The highest BCUT2D eigenvalue weighted by molar-refractivity contribution is 6.24. The first-order chi connectivity index (χ1) is 21.4. The van der Waals surface area contributed by atoms with Crippen LogP contribution < -0.4 is 10.6 Å². The van der Waals surface area contributed by atoms with Crippen molar-refractivity contribution in [1.82, 2.24) is 24.8 Å². The predicted molar refractivity (Wildman–Crippen MR) is 176 cm³/mol. The number of fused-ring (bicyclic) bond motifs is 2. The van der Waals surface area contributed by atoms with E-state index in [0.717, 1.165) is 60.7 Å². The van der Waals surface area contributed by atoms with Crippen LogP contribution in [0.1, 0.15) is 43.6 Å². The van der Waals surface area contributed by atoms with E-state index in [4.69, 9.17) is 4.98 Å². The molecule has 2 aromatic heterocycles. The summed E-state index contributed by atoms with van der Waals surface area (Å²) in [5.74, 6) is 0.811. The first-order valence-electron chi connectivity index (χ1n) is 15.6. The molecule has 1 fully saturated rings. The lowest BCUT2D eigenvalue weighted by Crippen LogP contribution is -2.37. The second-order valence-electron chi connectivity index (χ2n) is 11.4. The Balaban J connectivity index is 0.000000418. The van der Waals surface area contributed by atoms with Gasteiger partial charge in [-0.2, -0.15) is 0 Å². The number of para-hydroxylation sites is 2. The van der Waals surface area contributed by atoms with Crippen LogP contribution in [0, 0.1) is 12.8 Å². The molecule has 0 spiro atoms. The fourth-order valence-corrected chi connectivity index (χ4v) is 5.48. The quantitative estimate of drug-likeness (QED) is 0.172. The van der Waals surface area contributed by atoms with Gasteiger partial charge in [-0.15, -0.1) is 0 Å². The fourth-order valence-electron chi connectivity index (χ4n) is 5.48. The van der Waals surface area contributed by atoms with Gasteiger partial charge >= 0.3 is 0 Å². The molecule has 228 valence electrons. The van der Waals surface area contributed by atoms with E-state index in [1.165, 1.54) is 10.5 Å². The lowest BCUT2D eigenvalue weighted by Gasteiger charge is -2.17. The number of nitrogens with one attached hydrogen (secondary N) is 2. The average molecular weight is 591 g/mol. The number of nitrogens with zero attached hydrogens (tertiary/aromatic N) is 4. The molecule has 1 unspecified atom stereocenters. The standard InChI is InChI=1S/C28H32N6O2.C8H10/c1-19(16-29-14-15-33-26(35)22-10-3-4-11-23(22)27(33)36)17-30-28-32-24-12-5-6-13-25(24)34(28)18-21-9-7-8-20(2)31-21;1-2-8-6-4-3-5-7-8/h5-13,19,29H,3-4,14-18H2,1-2H3,(H,30,32);3-7H,2H2,1H3. The molecule has 3 heterocycles. The summed E-state index contributed by atoms with van der Waals surface area (Å²) >= 11 is 0. The van der Waals surface area contributed by atoms with Crippen LogP contribution in [-0.4, -0.2) is 57.4 Å². The molecule has 1 atom stereocenters. The minimum absolute atomic E-state index is 0.163. The number of benzene rings is 2. The molecule has 0 radical (unpaired) electrons. The first kappa shape index (κ1) is 30.9. The van der Waals surface area contributed by atoms with Gasteiger partial charge in [-0.3, -0.25) is 19.5 Å². The number of imide groups is 1. The van der Waals surface area contributed by atoms with Crippen molar-refractivity contribution in [3.8, 4) is 0 Å². The molecule has 2 aliphatic rings. The lowest BCUT2D eigenvalue weighted by molar-refractivity contribution is -0.136. The zero-order valence-corrected chi connectivity index (χ0v) is 25.9. The van der Waals surface area contributed by atoms with E-state index in [2.05, 4.69) is 64.4 Å². The third-order valence-electron chi connectivity index (χ3n) is 7.89. The topological polar surface area (TPSA) is 92.2 Å². The largest absolute Gasteiger partial charge is 0.355 e. The Morgan fingerprint density at radius 1 is 0.841 bits per heavy atom. The molecule has 8 nitrogen and oxygen atoms in total. The third kappa shape index (κ3) is 7.50. The molecule has 0 bridgehead atoms. The number of hydrogen-bond acceptors (Lipinski definition) is 6. The summed E-state index contributed by atoms with van der Waals surface area (Å²) < 4.78 is 2.17. The molecule has 2 amide bonds. The van der Waals surface area contributed by atoms with Crippen molar-refractivity contribution in [3.05, 3.63) is 113 Å². The van der Waals surface area contributed by atoms with Gasteiger partial charge in [-0.05, 0) is 68.5 Å². The van der Waals surface area contributed by atoms with Gasteiger partial charge in [0, 0.05) is 36.5 Å². The van der Waals surface area contributed by atoms with Crippen molar-refractivity contribution < 1.29 is 9.59 Å². The molecule has 8 heteroatoms. The maximum atomic E-state index is 12.5. The number of allylic oxidation sites excluding steroid dienone is 2. The highest BCUT2D eigenvalue weighted by atomic mass is 16.2. The number of pyridine rings is 1. The molecule has 1 saturated heterocycles. The zero-order valence-electron chi connectivity index (χ0n) is 25.9. The van der Waals surface area contributed by atoms with E-state index in [1.807, 2.05) is 61.5 Å². The smallest absolute Gasteiger partial charge is 0.261 e. The summed E-state index contributed by atoms with van der Waals surface area (Å²) in [5, 5.41) is 6.91. The number of anilines is 1. The van der Waals surface area contributed by atoms with Gasteiger partial charge in [-0.25, -0.2) is 4.98 Å². The van der Waals surface area contributed by atoms with Gasteiger partial charge in [0.1, 0.15) is 0 Å². The van der Waals surface area contributed by atoms with Crippen molar-refractivity contribution in [3.63, 3.8) is 0 Å². The lowest BCUT2D eigenvalue weighted by atomic mass is 10.0. The van der Waals surface area contributed by atoms with Gasteiger partial charge in [-0.1, -0.05) is 74.5 Å². The van der Waals surface area contributed by atoms with E-state index in [-0.39, 0.29) is 11.8 Å². The van der Waals surface area contributed by atoms with Gasteiger partial charge in [0.15, 0.2) is 0 Å². The van der Waals surface area contributed by atoms with Gasteiger partial charge in [0.25, 0.3) is 11.8 Å². The molecular weight excluding hydrogens is 548 g/mol. The Morgan fingerprint density at radius 3 is 2.23 bits per heavy atom. The maximum Gasteiger partial charge on any atom is 0.261 e. The molecule has 1 aliphatic carbocycles. The van der Waals surface area contributed by atoms with E-state index in [0.29, 0.717) is 36.7 Å². The highest BCUT2D eigenvalue weighted by Gasteiger charge is 2.38. The number of carbonyl (C=O) groups excluding carboxylic acids is 2. The Hall–Kier alpha value is -4.56. The number of likely N-dealkylation sites (tertiary alicyclic amines) is 1. The van der Waals surface area contributed by atoms with Crippen LogP contribution >= 0.6 is 0 Å². The molecule has 44 heavy (non-hydrogen) atoms.